The second kappa shape index (κ2) is 6.60. The number of carbonyl (C=O) groups excluding carboxylic acids is 1. The maximum Gasteiger partial charge on any atom is 0.254 e. The number of phenols is 1. The fraction of sp³-hybridized carbons (Fsp3) is 0.0870. The van der Waals surface area contributed by atoms with Gasteiger partial charge in [-0.3, -0.25) is 4.79 Å². The molecule has 0 atom stereocenters. The van der Waals surface area contributed by atoms with E-state index in [0.29, 0.717) is 33.9 Å². The van der Waals surface area contributed by atoms with Crippen LogP contribution >= 0.6 is 0 Å². The van der Waals surface area contributed by atoms with Crippen LogP contribution in [0.15, 0.2) is 53.1 Å². The van der Waals surface area contributed by atoms with Crippen molar-refractivity contribution in [1.29, 1.82) is 0 Å². The topological polar surface area (TPSA) is 133 Å². The predicted octanol–water partition coefficient (Wildman–Crippen LogP) is 3.81. The average molecular weight is 413 g/mol. The van der Waals surface area contributed by atoms with Crippen molar-refractivity contribution in [1.82, 2.24) is 14.6 Å². The Morgan fingerprint density at radius 2 is 1.94 bits per heavy atom. The van der Waals surface area contributed by atoms with Crippen molar-refractivity contribution < 1.29 is 14.3 Å². The molecule has 31 heavy (non-hydrogen) atoms. The van der Waals surface area contributed by atoms with E-state index in [1.165, 1.54) is 4.52 Å². The van der Waals surface area contributed by atoms with Gasteiger partial charge in [-0.25, -0.2) is 9.50 Å². The number of nitrogens with two attached hydrogens (primary N) is 2. The van der Waals surface area contributed by atoms with Gasteiger partial charge in [-0.15, -0.1) is 5.10 Å². The highest BCUT2D eigenvalue weighted by Gasteiger charge is 2.23. The van der Waals surface area contributed by atoms with Crippen molar-refractivity contribution in [3.63, 3.8) is 0 Å². The van der Waals surface area contributed by atoms with E-state index in [9.17, 15) is 9.90 Å². The van der Waals surface area contributed by atoms with Crippen molar-refractivity contribution in [2.75, 3.05) is 5.73 Å². The molecule has 3 aromatic heterocycles. The Morgan fingerprint density at radius 3 is 2.68 bits per heavy atom. The molecule has 0 aliphatic rings. The van der Waals surface area contributed by atoms with Crippen LogP contribution in [-0.2, 0) is 0 Å². The SMILES string of the molecule is Cc1ccc(O)c(C)c1-c1cn2nc(-c3cc4ccccc4o3)nc2c(C(N)=O)c1N. The predicted molar refractivity (Wildman–Crippen MR) is 118 cm³/mol. The number of pyridine rings is 1. The minimum absolute atomic E-state index is 0.0644. The highest BCUT2D eigenvalue weighted by atomic mass is 16.3. The summed E-state index contributed by atoms with van der Waals surface area (Å²) in [5, 5.41) is 15.6. The molecule has 0 aliphatic carbocycles. The number of hydrogen-bond acceptors (Lipinski definition) is 6. The molecule has 0 saturated heterocycles. The number of furan rings is 1. The lowest BCUT2D eigenvalue weighted by molar-refractivity contribution is 0.100. The lowest BCUT2D eigenvalue weighted by Gasteiger charge is -2.15. The quantitative estimate of drug-likeness (QED) is 0.412. The third kappa shape index (κ3) is 2.80. The molecule has 5 N–H and O–H groups in total. The Bertz CT molecular complexity index is 1480. The molecule has 0 spiro atoms. The van der Waals surface area contributed by atoms with Gasteiger partial charge < -0.3 is 21.0 Å². The molecule has 8 nitrogen and oxygen atoms in total. The van der Waals surface area contributed by atoms with Gasteiger partial charge in [-0.05, 0) is 48.7 Å². The molecule has 5 rings (SSSR count). The molecule has 0 saturated carbocycles. The number of aromatic hydroxyl groups is 1. The molecule has 0 unspecified atom stereocenters. The molecule has 1 amide bonds. The summed E-state index contributed by atoms with van der Waals surface area (Å²) in [4.78, 5) is 16.8. The van der Waals surface area contributed by atoms with Gasteiger partial charge >= 0.3 is 0 Å². The van der Waals surface area contributed by atoms with E-state index in [4.69, 9.17) is 15.9 Å². The van der Waals surface area contributed by atoms with Crippen LogP contribution in [0.25, 0.3) is 39.3 Å². The van der Waals surface area contributed by atoms with Crippen molar-refractivity contribution in [3.05, 3.63) is 65.4 Å². The number of aromatic nitrogens is 3. The fourth-order valence-corrected chi connectivity index (χ4v) is 3.92. The van der Waals surface area contributed by atoms with Crippen molar-refractivity contribution in [3.8, 4) is 28.5 Å². The number of aryl methyl sites for hydroxylation is 1. The number of rotatable bonds is 3. The molecule has 0 fully saturated rings. The molecule has 3 heterocycles. The number of anilines is 1. The number of nitrogens with zero attached hydrogens (tertiary/aromatic N) is 3. The largest absolute Gasteiger partial charge is 0.508 e. The Hall–Kier alpha value is -4.33. The van der Waals surface area contributed by atoms with E-state index in [0.717, 1.165) is 10.9 Å². The number of carbonyl (C=O) groups is 1. The van der Waals surface area contributed by atoms with E-state index in [1.54, 1.807) is 25.3 Å². The third-order valence-corrected chi connectivity index (χ3v) is 5.47. The van der Waals surface area contributed by atoms with E-state index in [1.807, 2.05) is 37.3 Å². The van der Waals surface area contributed by atoms with Gasteiger partial charge in [0.05, 0.1) is 5.69 Å². The van der Waals surface area contributed by atoms with Crippen LogP contribution in [0.2, 0.25) is 0 Å². The highest BCUT2D eigenvalue weighted by Crippen LogP contribution is 2.38. The number of benzene rings is 2. The van der Waals surface area contributed by atoms with Crippen LogP contribution in [0, 0.1) is 13.8 Å². The molecule has 0 aliphatic heterocycles. The van der Waals surface area contributed by atoms with E-state index < -0.39 is 5.91 Å². The molecule has 2 aromatic carbocycles. The molecule has 8 heteroatoms. The Morgan fingerprint density at radius 1 is 1.16 bits per heavy atom. The second-order valence-corrected chi connectivity index (χ2v) is 7.45. The summed E-state index contributed by atoms with van der Waals surface area (Å²) in [5.41, 5.74) is 16.0. The Labute approximate surface area is 176 Å². The number of nitrogen functional groups attached to an aromatic ring is 1. The van der Waals surface area contributed by atoms with Crippen LogP contribution in [0.3, 0.4) is 0 Å². The van der Waals surface area contributed by atoms with Gasteiger partial charge in [0.15, 0.2) is 11.4 Å². The van der Waals surface area contributed by atoms with Gasteiger partial charge in [0, 0.05) is 17.1 Å². The Kier molecular flexibility index (Phi) is 3.97. The van der Waals surface area contributed by atoms with Gasteiger partial charge in [0.2, 0.25) is 5.82 Å². The van der Waals surface area contributed by atoms with Crippen molar-refractivity contribution in [2.45, 2.75) is 13.8 Å². The zero-order valence-electron chi connectivity index (χ0n) is 16.9. The molecular formula is C23H19N5O3. The maximum atomic E-state index is 12.3. The maximum absolute atomic E-state index is 12.3. The number of hydrogen-bond donors (Lipinski definition) is 3. The van der Waals surface area contributed by atoms with Crippen LogP contribution in [0.5, 0.6) is 5.75 Å². The van der Waals surface area contributed by atoms with E-state index in [2.05, 4.69) is 10.1 Å². The molecule has 154 valence electrons. The zero-order chi connectivity index (χ0) is 21.9. The van der Waals surface area contributed by atoms with Crippen molar-refractivity contribution >= 4 is 28.2 Å². The minimum atomic E-state index is -0.719. The van der Waals surface area contributed by atoms with Crippen LogP contribution in [0.4, 0.5) is 5.69 Å². The first-order chi connectivity index (χ1) is 14.8. The second-order valence-electron chi connectivity index (χ2n) is 7.45. The lowest BCUT2D eigenvalue weighted by Crippen LogP contribution is -2.16. The summed E-state index contributed by atoms with van der Waals surface area (Å²) in [6.07, 6.45) is 1.69. The van der Waals surface area contributed by atoms with Gasteiger partial charge in [-0.1, -0.05) is 24.3 Å². The number of amides is 1. The number of primary amides is 1. The summed E-state index contributed by atoms with van der Waals surface area (Å²) in [5.74, 6) is 0.176. The summed E-state index contributed by atoms with van der Waals surface area (Å²) < 4.78 is 7.33. The Balaban J connectivity index is 1.80. The average Bonchev–Trinajstić information content (AvgIpc) is 3.34. The van der Waals surface area contributed by atoms with Gasteiger partial charge in [0.1, 0.15) is 16.9 Å². The summed E-state index contributed by atoms with van der Waals surface area (Å²) in [6.45, 7) is 3.68. The molecule has 5 aromatic rings. The standard InChI is InChI=1S/C23H19N5O3/c1-11-7-8-15(29)12(2)18(11)14-10-28-23(19(20(14)24)21(25)30)26-22(27-28)17-9-13-5-3-4-6-16(13)31-17/h3-10,29H,24H2,1-2H3,(H2,25,30). The number of fused-ring (bicyclic) bond motifs is 2. The molecule has 0 bridgehead atoms. The van der Waals surface area contributed by atoms with Crippen LogP contribution in [-0.4, -0.2) is 25.6 Å². The number of phenolic OH excluding ortho intramolecular Hbond substituents is 1. The van der Waals surface area contributed by atoms with Crippen LogP contribution < -0.4 is 11.5 Å². The first-order valence-corrected chi connectivity index (χ1v) is 9.62. The summed E-state index contributed by atoms with van der Waals surface area (Å²) in [6, 6.07) is 12.8. The summed E-state index contributed by atoms with van der Waals surface area (Å²) in [7, 11) is 0. The zero-order valence-corrected chi connectivity index (χ0v) is 16.9. The smallest absolute Gasteiger partial charge is 0.254 e. The van der Waals surface area contributed by atoms with E-state index >= 15 is 0 Å². The van der Waals surface area contributed by atoms with Crippen LogP contribution in [0.1, 0.15) is 21.5 Å². The number of para-hydroxylation sites is 1. The molecule has 0 radical (unpaired) electrons. The fourth-order valence-electron chi connectivity index (χ4n) is 3.92. The normalized spacial score (nSPS) is 11.4. The van der Waals surface area contributed by atoms with Crippen molar-refractivity contribution in [2.24, 2.45) is 5.73 Å². The highest BCUT2D eigenvalue weighted by molar-refractivity contribution is 6.07. The first-order valence-electron chi connectivity index (χ1n) is 9.62. The molecular weight excluding hydrogens is 394 g/mol. The van der Waals surface area contributed by atoms with Gasteiger partial charge in [0.25, 0.3) is 5.91 Å². The van der Waals surface area contributed by atoms with Gasteiger partial charge in [-0.2, -0.15) is 0 Å². The first kappa shape index (κ1) is 18.7. The summed E-state index contributed by atoms with van der Waals surface area (Å²) >= 11 is 0. The monoisotopic (exact) mass is 413 g/mol. The third-order valence-electron chi connectivity index (χ3n) is 5.47. The lowest BCUT2D eigenvalue weighted by atomic mass is 9.93. The minimum Gasteiger partial charge on any atom is -0.508 e. The van der Waals surface area contributed by atoms with E-state index in [-0.39, 0.29) is 22.6 Å².